The van der Waals surface area contributed by atoms with Crippen molar-refractivity contribution in [2.45, 2.75) is 25.3 Å². The number of fused-ring (bicyclic) bond motifs is 6. The van der Waals surface area contributed by atoms with Crippen LogP contribution < -0.4 is 0 Å². The summed E-state index contributed by atoms with van der Waals surface area (Å²) in [6.45, 7) is 0.905. The SMILES string of the molecule is O=C1[C@H]2[C@@H](N=C3CCCN13)[C@@H]1C=C[C@H]2C1. The molecule has 4 aliphatic rings. The van der Waals surface area contributed by atoms with Crippen molar-refractivity contribution >= 4 is 11.7 Å². The number of nitrogens with zero attached hydrogens (tertiary/aromatic N) is 2. The largest absolute Gasteiger partial charge is 0.300 e. The molecule has 4 atom stereocenters. The minimum absolute atomic E-state index is 0.182. The number of amides is 1. The Hall–Kier alpha value is -1.12. The van der Waals surface area contributed by atoms with Gasteiger partial charge in [0, 0.05) is 18.9 Å². The van der Waals surface area contributed by atoms with Gasteiger partial charge in [-0.25, -0.2) is 0 Å². The lowest BCUT2D eigenvalue weighted by Crippen LogP contribution is -2.47. The quantitative estimate of drug-likeness (QED) is 0.543. The maximum absolute atomic E-state index is 12.3. The van der Waals surface area contributed by atoms with E-state index in [1.165, 1.54) is 0 Å². The predicted molar refractivity (Wildman–Crippen MR) is 56.4 cm³/mol. The molecule has 1 amide bonds. The molecule has 3 heteroatoms. The van der Waals surface area contributed by atoms with Crippen molar-refractivity contribution in [3.63, 3.8) is 0 Å². The van der Waals surface area contributed by atoms with Crippen molar-refractivity contribution in [3.05, 3.63) is 12.2 Å². The Labute approximate surface area is 88.9 Å². The number of carbonyl (C=O) groups is 1. The van der Waals surface area contributed by atoms with Gasteiger partial charge in [0.05, 0.1) is 12.0 Å². The van der Waals surface area contributed by atoms with Gasteiger partial charge >= 0.3 is 0 Å². The Balaban J connectivity index is 1.82. The van der Waals surface area contributed by atoms with Crippen molar-refractivity contribution in [1.82, 2.24) is 4.90 Å². The molecule has 2 fully saturated rings. The molecule has 0 aromatic rings. The van der Waals surface area contributed by atoms with Crippen LogP contribution in [0.2, 0.25) is 0 Å². The van der Waals surface area contributed by atoms with Crippen molar-refractivity contribution in [3.8, 4) is 0 Å². The lowest BCUT2D eigenvalue weighted by molar-refractivity contribution is -0.133. The summed E-state index contributed by atoms with van der Waals surface area (Å²) in [5.74, 6) is 2.65. The second kappa shape index (κ2) is 2.52. The van der Waals surface area contributed by atoms with E-state index in [1.54, 1.807) is 0 Å². The van der Waals surface area contributed by atoms with Crippen LogP contribution in [0, 0.1) is 17.8 Å². The second-order valence-corrected chi connectivity index (χ2v) is 5.10. The number of hydrogen-bond acceptors (Lipinski definition) is 2. The summed E-state index contributed by atoms with van der Waals surface area (Å²) in [7, 11) is 0. The maximum atomic E-state index is 12.3. The van der Waals surface area contributed by atoms with Crippen LogP contribution in [0.25, 0.3) is 0 Å². The first-order valence-corrected chi connectivity index (χ1v) is 5.91. The zero-order chi connectivity index (χ0) is 9.99. The molecule has 0 radical (unpaired) electrons. The molecule has 2 aliphatic carbocycles. The van der Waals surface area contributed by atoms with E-state index >= 15 is 0 Å². The Morgan fingerprint density at radius 1 is 1.33 bits per heavy atom. The highest BCUT2D eigenvalue weighted by molar-refractivity contribution is 6.03. The molecular formula is C12H14N2O. The number of allylic oxidation sites excluding steroid dienone is 1. The van der Waals surface area contributed by atoms with Gasteiger partial charge in [-0.05, 0) is 18.8 Å². The molecule has 2 heterocycles. The first-order valence-electron chi connectivity index (χ1n) is 5.91. The average Bonchev–Trinajstić information content (AvgIpc) is 2.90. The van der Waals surface area contributed by atoms with Crippen LogP contribution >= 0.6 is 0 Å². The van der Waals surface area contributed by atoms with Crippen molar-refractivity contribution in [2.75, 3.05) is 6.54 Å². The third-order valence-electron chi connectivity index (χ3n) is 4.36. The van der Waals surface area contributed by atoms with Crippen molar-refractivity contribution < 1.29 is 4.79 Å². The van der Waals surface area contributed by atoms with E-state index in [4.69, 9.17) is 4.99 Å². The normalized spacial score (nSPS) is 45.7. The van der Waals surface area contributed by atoms with Gasteiger partial charge in [-0.2, -0.15) is 0 Å². The van der Waals surface area contributed by atoms with Gasteiger partial charge in [0.2, 0.25) is 5.91 Å². The van der Waals surface area contributed by atoms with Crippen LogP contribution in [0.5, 0.6) is 0 Å². The molecule has 2 aliphatic heterocycles. The van der Waals surface area contributed by atoms with Gasteiger partial charge in [-0.15, -0.1) is 0 Å². The van der Waals surface area contributed by atoms with E-state index in [0.29, 0.717) is 17.7 Å². The fourth-order valence-corrected chi connectivity index (χ4v) is 3.68. The Morgan fingerprint density at radius 3 is 3.13 bits per heavy atom. The zero-order valence-corrected chi connectivity index (χ0v) is 8.60. The number of aliphatic imine (C=N–C) groups is 1. The number of amidine groups is 1. The number of carbonyl (C=O) groups excluding carboxylic acids is 1. The summed E-state index contributed by atoms with van der Waals surface area (Å²) in [4.78, 5) is 19.0. The molecule has 0 aromatic heterocycles. The third kappa shape index (κ3) is 0.869. The summed E-state index contributed by atoms with van der Waals surface area (Å²) >= 11 is 0. The summed E-state index contributed by atoms with van der Waals surface area (Å²) in [6, 6.07) is 0.289. The van der Waals surface area contributed by atoms with Gasteiger partial charge in [0.15, 0.2) is 0 Å². The summed E-state index contributed by atoms with van der Waals surface area (Å²) in [6.07, 6.45) is 7.78. The lowest BCUT2D eigenvalue weighted by Gasteiger charge is -2.33. The Bertz CT molecular complexity index is 398. The number of hydrogen-bond donors (Lipinski definition) is 0. The third-order valence-corrected chi connectivity index (χ3v) is 4.36. The zero-order valence-electron chi connectivity index (χ0n) is 8.60. The standard InChI is InChI=1S/C12H14N2O/c15-12-10-7-3-4-8(6-7)11(10)13-9-2-1-5-14(9)12/h3-4,7-8,10-11H,1-2,5-6H2/t7-,8+,10+,11-/m0/s1. The van der Waals surface area contributed by atoms with Gasteiger partial charge in [-0.1, -0.05) is 12.2 Å². The molecule has 78 valence electrons. The van der Waals surface area contributed by atoms with Gasteiger partial charge in [0.1, 0.15) is 5.84 Å². The van der Waals surface area contributed by atoms with Gasteiger partial charge in [-0.3, -0.25) is 9.79 Å². The molecule has 4 rings (SSSR count). The molecule has 2 bridgehead atoms. The predicted octanol–water partition coefficient (Wildman–Crippen LogP) is 1.21. The Kier molecular flexibility index (Phi) is 1.36. The van der Waals surface area contributed by atoms with Crippen LogP contribution in [0.4, 0.5) is 0 Å². The van der Waals surface area contributed by atoms with Gasteiger partial charge in [0.25, 0.3) is 0 Å². The van der Waals surface area contributed by atoms with Crippen LogP contribution in [0.1, 0.15) is 19.3 Å². The molecule has 15 heavy (non-hydrogen) atoms. The molecule has 3 nitrogen and oxygen atoms in total. The molecule has 0 N–H and O–H groups in total. The van der Waals surface area contributed by atoms with Crippen molar-refractivity contribution in [1.29, 1.82) is 0 Å². The summed E-state index contributed by atoms with van der Waals surface area (Å²) < 4.78 is 0. The molecule has 0 unspecified atom stereocenters. The Morgan fingerprint density at radius 2 is 2.20 bits per heavy atom. The highest BCUT2D eigenvalue weighted by Gasteiger charge is 2.52. The van der Waals surface area contributed by atoms with Crippen LogP contribution in [-0.2, 0) is 4.79 Å². The molecule has 0 aromatic carbocycles. The highest BCUT2D eigenvalue weighted by Crippen LogP contribution is 2.48. The lowest BCUT2D eigenvalue weighted by atomic mass is 9.87. The van der Waals surface area contributed by atoms with E-state index in [-0.39, 0.29) is 12.0 Å². The van der Waals surface area contributed by atoms with Gasteiger partial charge < -0.3 is 4.90 Å². The fraction of sp³-hybridized carbons (Fsp3) is 0.667. The molecule has 0 spiro atoms. The van der Waals surface area contributed by atoms with Crippen molar-refractivity contribution in [2.24, 2.45) is 22.7 Å². The second-order valence-electron chi connectivity index (χ2n) is 5.10. The highest BCUT2D eigenvalue weighted by atomic mass is 16.2. The number of rotatable bonds is 0. The van der Waals surface area contributed by atoms with E-state index in [2.05, 4.69) is 12.2 Å². The van der Waals surface area contributed by atoms with Crippen LogP contribution in [0.3, 0.4) is 0 Å². The summed E-state index contributed by atoms with van der Waals surface area (Å²) in [5, 5.41) is 0. The topological polar surface area (TPSA) is 32.7 Å². The maximum Gasteiger partial charge on any atom is 0.233 e. The van der Waals surface area contributed by atoms with Crippen LogP contribution in [0.15, 0.2) is 17.1 Å². The van der Waals surface area contributed by atoms with E-state index in [9.17, 15) is 4.79 Å². The molecule has 1 saturated carbocycles. The summed E-state index contributed by atoms with van der Waals surface area (Å²) in [5.41, 5.74) is 0. The van der Waals surface area contributed by atoms with E-state index < -0.39 is 0 Å². The average molecular weight is 202 g/mol. The minimum Gasteiger partial charge on any atom is -0.300 e. The fourth-order valence-electron chi connectivity index (χ4n) is 3.68. The van der Waals surface area contributed by atoms with E-state index in [0.717, 1.165) is 31.6 Å². The minimum atomic E-state index is 0.182. The molecular weight excluding hydrogens is 188 g/mol. The van der Waals surface area contributed by atoms with E-state index in [1.807, 2.05) is 4.90 Å². The smallest absolute Gasteiger partial charge is 0.233 e. The monoisotopic (exact) mass is 202 g/mol. The first kappa shape index (κ1) is 8.08. The van der Waals surface area contributed by atoms with Crippen LogP contribution in [-0.4, -0.2) is 29.2 Å². The molecule has 1 saturated heterocycles. The first-order chi connectivity index (χ1) is 7.34.